The van der Waals surface area contributed by atoms with Crippen molar-refractivity contribution in [3.8, 4) is 5.75 Å². The minimum absolute atomic E-state index is 0.0952. The van der Waals surface area contributed by atoms with Gasteiger partial charge in [0.1, 0.15) is 5.75 Å². The average Bonchev–Trinajstić information content (AvgIpc) is 3.18. The number of ether oxygens (including phenoxy) is 1. The summed E-state index contributed by atoms with van der Waals surface area (Å²) in [6.07, 6.45) is 4.47. The molecule has 0 aromatic heterocycles. The zero-order valence-corrected chi connectivity index (χ0v) is 27.1. The van der Waals surface area contributed by atoms with E-state index in [1.165, 1.54) is 17.7 Å². The highest BCUT2D eigenvalue weighted by Gasteiger charge is 2.33. The molecule has 0 bridgehead atoms. The van der Waals surface area contributed by atoms with Crippen LogP contribution in [0.2, 0.25) is 10.0 Å². The van der Waals surface area contributed by atoms with Crippen LogP contribution < -0.4 is 15.0 Å². The molecule has 9 nitrogen and oxygen atoms in total. The number of piperazine rings is 1. The fourth-order valence-electron chi connectivity index (χ4n) is 5.93. The standard InChI is InChI=1S/C32H36Cl2N4O5S/c1-43-30-21-24(35-31(39)26-8-3-4-9-28(26)34)11-12-27(30)32(40)38-25(7-5-6-22-20-23(33)10-13-29(22)38)14-15-36-16-18-37(19-17-36)44(2,41)42/h3-4,8-13,20-21,25H,5-7,14-19H2,1-2H3,(H,35,39). The molecule has 0 aliphatic carbocycles. The smallest absolute Gasteiger partial charge is 0.262 e. The lowest BCUT2D eigenvalue weighted by Gasteiger charge is -2.36. The number of hydrogen-bond donors (Lipinski definition) is 1. The summed E-state index contributed by atoms with van der Waals surface area (Å²) >= 11 is 12.6. The molecule has 2 aliphatic rings. The van der Waals surface area contributed by atoms with Gasteiger partial charge in [0.2, 0.25) is 10.0 Å². The molecule has 1 N–H and O–H groups in total. The van der Waals surface area contributed by atoms with Crippen molar-refractivity contribution >= 4 is 56.4 Å². The van der Waals surface area contributed by atoms with Crippen LogP contribution in [0.3, 0.4) is 0 Å². The number of methoxy groups -OCH3 is 1. The van der Waals surface area contributed by atoms with Crippen molar-refractivity contribution in [1.82, 2.24) is 9.21 Å². The number of aryl methyl sites for hydroxylation is 1. The summed E-state index contributed by atoms with van der Waals surface area (Å²) in [6.45, 7) is 2.96. The van der Waals surface area contributed by atoms with Crippen LogP contribution in [0, 0.1) is 0 Å². The molecule has 3 aromatic rings. The predicted octanol–water partition coefficient (Wildman–Crippen LogP) is 5.57. The average molecular weight is 660 g/mol. The molecule has 0 spiro atoms. The van der Waals surface area contributed by atoms with E-state index in [9.17, 15) is 18.0 Å². The Balaban J connectivity index is 1.39. The number of carbonyl (C=O) groups is 2. The summed E-state index contributed by atoms with van der Waals surface area (Å²) in [4.78, 5) is 31.4. The van der Waals surface area contributed by atoms with Crippen molar-refractivity contribution in [2.24, 2.45) is 0 Å². The lowest BCUT2D eigenvalue weighted by atomic mass is 10.0. The third kappa shape index (κ3) is 7.38. The highest BCUT2D eigenvalue weighted by molar-refractivity contribution is 7.88. The zero-order chi connectivity index (χ0) is 31.4. The lowest BCUT2D eigenvalue weighted by Crippen LogP contribution is -2.49. The maximum atomic E-state index is 14.4. The molecule has 2 amide bonds. The van der Waals surface area contributed by atoms with Gasteiger partial charge in [-0.1, -0.05) is 35.3 Å². The Morgan fingerprint density at radius 2 is 1.73 bits per heavy atom. The fraction of sp³-hybridized carbons (Fsp3) is 0.375. The van der Waals surface area contributed by atoms with Crippen LogP contribution in [0.15, 0.2) is 60.7 Å². The van der Waals surface area contributed by atoms with Crippen molar-refractivity contribution in [3.63, 3.8) is 0 Å². The second kappa shape index (κ2) is 13.9. The molecule has 234 valence electrons. The fourth-order valence-corrected chi connectivity index (χ4v) is 7.17. The van der Waals surface area contributed by atoms with Crippen LogP contribution in [-0.4, -0.2) is 81.6 Å². The Hall–Kier alpha value is -3.15. The number of halogens is 2. The number of fused-ring (bicyclic) bond motifs is 1. The first-order valence-corrected chi connectivity index (χ1v) is 17.2. The maximum Gasteiger partial charge on any atom is 0.262 e. The van der Waals surface area contributed by atoms with Crippen LogP contribution in [0.25, 0.3) is 0 Å². The molecule has 3 aromatic carbocycles. The first kappa shape index (κ1) is 32.2. The Bertz CT molecular complexity index is 1640. The molecule has 0 saturated carbocycles. The van der Waals surface area contributed by atoms with Crippen LogP contribution in [-0.2, 0) is 16.4 Å². The molecule has 0 radical (unpaired) electrons. The number of carbonyl (C=O) groups excluding carboxylic acids is 2. The third-order valence-electron chi connectivity index (χ3n) is 8.26. The van der Waals surface area contributed by atoms with E-state index in [-0.39, 0.29) is 17.9 Å². The van der Waals surface area contributed by atoms with Gasteiger partial charge in [0, 0.05) is 61.2 Å². The van der Waals surface area contributed by atoms with Crippen molar-refractivity contribution in [1.29, 1.82) is 0 Å². The normalized spacial score (nSPS) is 17.9. The number of benzene rings is 3. The monoisotopic (exact) mass is 658 g/mol. The molecule has 1 atom stereocenters. The van der Waals surface area contributed by atoms with E-state index in [0.29, 0.717) is 58.8 Å². The van der Waals surface area contributed by atoms with E-state index < -0.39 is 10.0 Å². The van der Waals surface area contributed by atoms with Gasteiger partial charge in [-0.25, -0.2) is 8.42 Å². The molecule has 12 heteroatoms. The SMILES string of the molecule is COc1cc(NC(=O)c2ccccc2Cl)ccc1C(=O)N1c2ccc(Cl)cc2CCCC1CCN1CCN(S(C)(=O)=O)CC1. The Morgan fingerprint density at radius 1 is 0.977 bits per heavy atom. The van der Waals surface area contributed by atoms with Gasteiger partial charge >= 0.3 is 0 Å². The van der Waals surface area contributed by atoms with E-state index in [4.69, 9.17) is 27.9 Å². The Morgan fingerprint density at radius 3 is 2.43 bits per heavy atom. The maximum absolute atomic E-state index is 14.4. The Kier molecular flexibility index (Phi) is 10.2. The van der Waals surface area contributed by atoms with Crippen molar-refractivity contribution in [2.45, 2.75) is 31.7 Å². The van der Waals surface area contributed by atoms with Gasteiger partial charge in [0.15, 0.2) is 0 Å². The highest BCUT2D eigenvalue weighted by Crippen LogP contribution is 2.36. The number of amides is 2. The molecule has 5 rings (SSSR count). The number of hydrogen-bond acceptors (Lipinski definition) is 6. The summed E-state index contributed by atoms with van der Waals surface area (Å²) in [5, 5.41) is 3.80. The summed E-state index contributed by atoms with van der Waals surface area (Å²) in [5.41, 5.74) is 3.02. The van der Waals surface area contributed by atoms with Crippen molar-refractivity contribution < 1.29 is 22.7 Å². The van der Waals surface area contributed by atoms with Gasteiger partial charge in [-0.15, -0.1) is 0 Å². The third-order valence-corrected chi connectivity index (χ3v) is 10.1. The van der Waals surface area contributed by atoms with Crippen LogP contribution in [0.5, 0.6) is 5.75 Å². The lowest BCUT2D eigenvalue weighted by molar-refractivity contribution is 0.0966. The van der Waals surface area contributed by atoms with E-state index >= 15 is 0 Å². The summed E-state index contributed by atoms with van der Waals surface area (Å²) in [7, 11) is -1.71. The molecule has 1 saturated heterocycles. The van der Waals surface area contributed by atoms with E-state index in [1.54, 1.807) is 48.5 Å². The van der Waals surface area contributed by atoms with Crippen molar-refractivity contribution in [2.75, 3.05) is 56.3 Å². The molecule has 2 heterocycles. The number of anilines is 2. The molecule has 1 unspecified atom stereocenters. The Labute approximate surface area is 268 Å². The number of rotatable bonds is 8. The minimum atomic E-state index is -3.21. The van der Waals surface area contributed by atoms with E-state index in [2.05, 4.69) is 10.2 Å². The topological polar surface area (TPSA) is 99.3 Å². The number of nitrogens with one attached hydrogen (secondary N) is 1. The zero-order valence-electron chi connectivity index (χ0n) is 24.8. The molecule has 2 aliphatic heterocycles. The van der Waals surface area contributed by atoms with E-state index in [0.717, 1.165) is 43.5 Å². The van der Waals surface area contributed by atoms with Gasteiger partial charge in [-0.3, -0.25) is 9.59 Å². The van der Waals surface area contributed by atoms with Gasteiger partial charge in [0.25, 0.3) is 11.8 Å². The van der Waals surface area contributed by atoms with Crippen LogP contribution in [0.1, 0.15) is 45.5 Å². The summed E-state index contributed by atoms with van der Waals surface area (Å²) in [6, 6.07) is 17.3. The van der Waals surface area contributed by atoms with Gasteiger partial charge in [-0.2, -0.15) is 4.31 Å². The van der Waals surface area contributed by atoms with E-state index in [1.807, 2.05) is 17.0 Å². The number of nitrogens with zero attached hydrogens (tertiary/aromatic N) is 3. The highest BCUT2D eigenvalue weighted by atomic mass is 35.5. The van der Waals surface area contributed by atoms with Crippen molar-refractivity contribution in [3.05, 3.63) is 87.4 Å². The first-order chi connectivity index (χ1) is 21.0. The minimum Gasteiger partial charge on any atom is -0.496 e. The second-order valence-electron chi connectivity index (χ2n) is 11.1. The van der Waals surface area contributed by atoms with Crippen LogP contribution in [0.4, 0.5) is 11.4 Å². The van der Waals surface area contributed by atoms with Gasteiger partial charge < -0.3 is 19.9 Å². The quantitative estimate of drug-likeness (QED) is 0.340. The van der Waals surface area contributed by atoms with Gasteiger partial charge in [-0.05, 0) is 73.7 Å². The van der Waals surface area contributed by atoms with Gasteiger partial charge in [0.05, 0.1) is 29.5 Å². The van der Waals surface area contributed by atoms with Crippen LogP contribution >= 0.6 is 23.2 Å². The second-order valence-corrected chi connectivity index (χ2v) is 14.0. The first-order valence-electron chi connectivity index (χ1n) is 14.6. The molecular formula is C32H36Cl2N4O5S. The molecular weight excluding hydrogens is 623 g/mol. The molecule has 44 heavy (non-hydrogen) atoms. The molecule has 1 fully saturated rings. The predicted molar refractivity (Wildman–Crippen MR) is 175 cm³/mol. The summed E-state index contributed by atoms with van der Waals surface area (Å²) in [5.74, 6) is -0.238. The summed E-state index contributed by atoms with van der Waals surface area (Å²) < 4.78 is 31.1. The largest absolute Gasteiger partial charge is 0.496 e. The number of sulfonamides is 1.